The molecule has 24 heavy (non-hydrogen) atoms. The van der Waals surface area contributed by atoms with E-state index in [0.29, 0.717) is 6.54 Å². The highest BCUT2D eigenvalue weighted by molar-refractivity contribution is 7.15. The molecule has 2 heterocycles. The Morgan fingerprint density at radius 3 is 2.75 bits per heavy atom. The minimum absolute atomic E-state index is 0.224. The van der Waals surface area contributed by atoms with E-state index in [1.165, 1.54) is 24.1 Å². The summed E-state index contributed by atoms with van der Waals surface area (Å²) in [6.45, 7) is 1.50. The molecule has 126 valence electrons. The second-order valence-corrected chi connectivity index (χ2v) is 8.15. The number of likely N-dealkylation sites (tertiary alicyclic amines) is 1. The molecule has 1 aliphatic heterocycles. The van der Waals surface area contributed by atoms with E-state index in [9.17, 15) is 9.90 Å². The molecule has 4 rings (SSSR count). The number of carboxylic acids is 1. The Morgan fingerprint density at radius 2 is 2.08 bits per heavy atom. The van der Waals surface area contributed by atoms with E-state index in [0.717, 1.165) is 30.0 Å². The molecule has 1 atom stereocenters. The van der Waals surface area contributed by atoms with Gasteiger partial charge in [-0.1, -0.05) is 30.3 Å². The van der Waals surface area contributed by atoms with Crippen molar-refractivity contribution < 1.29 is 9.90 Å². The van der Waals surface area contributed by atoms with E-state index < -0.39 is 5.97 Å². The smallest absolute Gasteiger partial charge is 0.307 e. The van der Waals surface area contributed by atoms with E-state index in [-0.39, 0.29) is 11.5 Å². The molecule has 1 aliphatic carbocycles. The second-order valence-electron chi connectivity index (χ2n) is 7.03. The highest BCUT2D eigenvalue weighted by atomic mass is 32.1. The number of aromatic nitrogens is 1. The Hall–Kier alpha value is -1.72. The monoisotopic (exact) mass is 342 g/mol. The molecule has 2 aromatic rings. The lowest BCUT2D eigenvalue weighted by Gasteiger charge is -2.54. The Labute approximate surface area is 146 Å². The van der Waals surface area contributed by atoms with Crippen molar-refractivity contribution in [1.29, 1.82) is 0 Å². The van der Waals surface area contributed by atoms with Crippen LogP contribution in [-0.2, 0) is 11.3 Å². The summed E-state index contributed by atoms with van der Waals surface area (Å²) in [6.07, 6.45) is 7.50. The fraction of sp³-hybridized carbons (Fsp3) is 0.474. The maximum atomic E-state index is 11.4. The van der Waals surface area contributed by atoms with Crippen LogP contribution in [0.5, 0.6) is 0 Å². The molecule has 2 fully saturated rings. The number of carboxylic acid groups (broad SMARTS) is 1. The predicted molar refractivity (Wildman–Crippen MR) is 94.9 cm³/mol. The molecule has 1 saturated heterocycles. The summed E-state index contributed by atoms with van der Waals surface area (Å²) in [5, 5.41) is 10.4. The van der Waals surface area contributed by atoms with Gasteiger partial charge in [-0.25, -0.2) is 4.98 Å². The van der Waals surface area contributed by atoms with Crippen molar-refractivity contribution in [1.82, 2.24) is 9.88 Å². The van der Waals surface area contributed by atoms with Gasteiger partial charge in [0, 0.05) is 35.3 Å². The Kier molecular flexibility index (Phi) is 4.14. The third-order valence-electron chi connectivity index (χ3n) is 5.62. The van der Waals surface area contributed by atoms with Crippen molar-refractivity contribution in [2.75, 3.05) is 6.54 Å². The molecular formula is C19H22N2O2S. The third-order valence-corrected chi connectivity index (χ3v) is 6.66. The van der Waals surface area contributed by atoms with Crippen molar-refractivity contribution >= 4 is 17.3 Å². The molecule has 2 aliphatic rings. The summed E-state index contributed by atoms with van der Waals surface area (Å²) in [5.41, 5.74) is 1.40. The number of hydrogen-bond acceptors (Lipinski definition) is 4. The first-order valence-corrected chi connectivity index (χ1v) is 9.46. The number of aliphatic carboxylic acids is 1. The number of thiazole rings is 1. The zero-order valence-corrected chi connectivity index (χ0v) is 14.5. The standard InChI is InChI=1S/C19H22N2O2S/c22-18(23)15-7-10-19(8-4-9-19)21(12-15)13-16-11-20-17(24-16)14-5-2-1-3-6-14/h1-3,5-6,11,15H,4,7-10,12-13H2,(H,22,23). The van der Waals surface area contributed by atoms with Crippen LogP contribution in [0.4, 0.5) is 0 Å². The lowest BCUT2D eigenvalue weighted by molar-refractivity contribution is -0.147. The number of hydrogen-bond donors (Lipinski definition) is 1. The van der Waals surface area contributed by atoms with Crippen LogP contribution in [-0.4, -0.2) is 33.0 Å². The summed E-state index contributed by atoms with van der Waals surface area (Å²) >= 11 is 1.72. The topological polar surface area (TPSA) is 53.4 Å². The number of piperidine rings is 1. The van der Waals surface area contributed by atoms with Crippen molar-refractivity contribution in [2.24, 2.45) is 5.92 Å². The molecule has 1 aromatic heterocycles. The third kappa shape index (κ3) is 2.87. The van der Waals surface area contributed by atoms with Crippen LogP contribution in [0.15, 0.2) is 36.5 Å². The SMILES string of the molecule is O=C(O)C1CCC2(CCC2)N(Cc2cnc(-c3ccccc3)s2)C1. The zero-order valence-electron chi connectivity index (χ0n) is 13.6. The molecule has 0 radical (unpaired) electrons. The van der Waals surface area contributed by atoms with Gasteiger partial charge in [-0.05, 0) is 32.1 Å². The number of rotatable bonds is 4. The normalized spacial score (nSPS) is 23.1. The van der Waals surface area contributed by atoms with Crippen molar-refractivity contribution in [3.63, 3.8) is 0 Å². The molecule has 1 aromatic carbocycles. The molecule has 1 N–H and O–H groups in total. The lowest BCUT2D eigenvalue weighted by Crippen LogP contribution is -2.58. The average Bonchev–Trinajstić information content (AvgIpc) is 3.02. The maximum Gasteiger partial charge on any atom is 0.307 e. The molecular weight excluding hydrogens is 320 g/mol. The first kappa shape index (κ1) is 15.8. The molecule has 1 spiro atoms. The first-order valence-electron chi connectivity index (χ1n) is 8.64. The van der Waals surface area contributed by atoms with E-state index in [1.807, 2.05) is 24.4 Å². The number of benzene rings is 1. The summed E-state index contributed by atoms with van der Waals surface area (Å²) in [7, 11) is 0. The predicted octanol–water partition coefficient (Wildman–Crippen LogP) is 4.03. The van der Waals surface area contributed by atoms with Crippen LogP contribution in [0.3, 0.4) is 0 Å². The summed E-state index contributed by atoms with van der Waals surface area (Å²) in [5.74, 6) is -0.874. The van der Waals surface area contributed by atoms with Gasteiger partial charge in [-0.15, -0.1) is 11.3 Å². The zero-order chi connectivity index (χ0) is 16.6. The minimum atomic E-state index is -0.650. The minimum Gasteiger partial charge on any atom is -0.481 e. The Morgan fingerprint density at radius 1 is 1.29 bits per heavy atom. The van der Waals surface area contributed by atoms with Gasteiger partial charge >= 0.3 is 5.97 Å². The van der Waals surface area contributed by atoms with Gasteiger partial charge in [0.25, 0.3) is 0 Å². The quantitative estimate of drug-likeness (QED) is 0.911. The average molecular weight is 342 g/mol. The first-order chi connectivity index (χ1) is 11.7. The van der Waals surface area contributed by atoms with Crippen molar-refractivity contribution in [3.8, 4) is 10.6 Å². The van der Waals surface area contributed by atoms with Gasteiger partial charge in [0.2, 0.25) is 0 Å². The van der Waals surface area contributed by atoms with Crippen molar-refractivity contribution in [3.05, 3.63) is 41.4 Å². The fourth-order valence-electron chi connectivity index (χ4n) is 4.02. The van der Waals surface area contributed by atoms with Crippen LogP contribution < -0.4 is 0 Å². The Bertz CT molecular complexity index is 724. The van der Waals surface area contributed by atoms with E-state index in [1.54, 1.807) is 11.3 Å². The Balaban J connectivity index is 1.52. The van der Waals surface area contributed by atoms with Gasteiger partial charge < -0.3 is 5.11 Å². The van der Waals surface area contributed by atoms with Crippen LogP contribution >= 0.6 is 11.3 Å². The fourth-order valence-corrected chi connectivity index (χ4v) is 4.95. The largest absolute Gasteiger partial charge is 0.481 e. The van der Waals surface area contributed by atoms with Crippen LogP contribution in [0.1, 0.15) is 37.0 Å². The molecule has 0 bridgehead atoms. The van der Waals surface area contributed by atoms with E-state index in [4.69, 9.17) is 0 Å². The molecule has 1 unspecified atom stereocenters. The highest BCUT2D eigenvalue weighted by Gasteiger charge is 2.47. The maximum absolute atomic E-state index is 11.4. The van der Waals surface area contributed by atoms with Crippen molar-refractivity contribution in [2.45, 2.75) is 44.2 Å². The van der Waals surface area contributed by atoms with E-state index >= 15 is 0 Å². The molecule has 1 saturated carbocycles. The second kappa shape index (κ2) is 6.30. The molecule has 0 amide bonds. The van der Waals surface area contributed by atoms with Gasteiger partial charge in [0.1, 0.15) is 5.01 Å². The van der Waals surface area contributed by atoms with Gasteiger partial charge in [-0.2, -0.15) is 0 Å². The summed E-state index contributed by atoms with van der Waals surface area (Å²) in [6, 6.07) is 10.2. The highest BCUT2D eigenvalue weighted by Crippen LogP contribution is 2.46. The molecule has 5 heteroatoms. The van der Waals surface area contributed by atoms with Crippen LogP contribution in [0.25, 0.3) is 10.6 Å². The number of carbonyl (C=O) groups is 1. The molecule has 4 nitrogen and oxygen atoms in total. The van der Waals surface area contributed by atoms with Crippen LogP contribution in [0.2, 0.25) is 0 Å². The summed E-state index contributed by atoms with van der Waals surface area (Å²) < 4.78 is 0. The summed E-state index contributed by atoms with van der Waals surface area (Å²) in [4.78, 5) is 19.7. The number of nitrogens with zero attached hydrogens (tertiary/aromatic N) is 2. The van der Waals surface area contributed by atoms with Gasteiger partial charge in [0.05, 0.1) is 5.92 Å². The van der Waals surface area contributed by atoms with E-state index in [2.05, 4.69) is 22.0 Å². The van der Waals surface area contributed by atoms with Gasteiger partial charge in [0.15, 0.2) is 0 Å². The lowest BCUT2D eigenvalue weighted by atomic mass is 9.68. The van der Waals surface area contributed by atoms with Crippen LogP contribution in [0, 0.1) is 5.92 Å². The van der Waals surface area contributed by atoms with Gasteiger partial charge in [-0.3, -0.25) is 9.69 Å².